The van der Waals surface area contributed by atoms with Crippen molar-refractivity contribution in [2.45, 2.75) is 13.2 Å². The first kappa shape index (κ1) is 17.8. The van der Waals surface area contributed by atoms with Gasteiger partial charge in [0.25, 0.3) is 5.69 Å². The molecule has 3 aromatic rings. The van der Waals surface area contributed by atoms with Crippen LogP contribution in [0, 0.1) is 10.1 Å². The number of anilines is 1. The van der Waals surface area contributed by atoms with Crippen LogP contribution in [0.15, 0.2) is 72.8 Å². The highest BCUT2D eigenvalue weighted by molar-refractivity contribution is 6.30. The molecule has 0 aliphatic heterocycles. The molecule has 0 aromatic heterocycles. The van der Waals surface area contributed by atoms with Crippen LogP contribution in [0.2, 0.25) is 5.02 Å². The number of nitrogens with one attached hydrogen (secondary N) is 1. The van der Waals surface area contributed by atoms with E-state index in [-0.39, 0.29) is 5.69 Å². The molecule has 5 nitrogen and oxygen atoms in total. The fourth-order valence-electron chi connectivity index (χ4n) is 2.43. The van der Waals surface area contributed by atoms with Crippen LogP contribution in [0.4, 0.5) is 11.4 Å². The van der Waals surface area contributed by atoms with Crippen molar-refractivity contribution in [1.82, 2.24) is 0 Å². The SMILES string of the molecule is O=[N+]([O-])c1ccc(COc2ccccc2CNc2ccc(Cl)cc2)cc1. The summed E-state index contributed by atoms with van der Waals surface area (Å²) in [5.41, 5.74) is 2.93. The molecule has 26 heavy (non-hydrogen) atoms. The number of nitrogens with zero attached hydrogens (tertiary/aromatic N) is 1. The van der Waals surface area contributed by atoms with Gasteiger partial charge in [-0.15, -0.1) is 0 Å². The molecule has 6 heteroatoms. The number of non-ortho nitro benzene ring substituents is 1. The lowest BCUT2D eigenvalue weighted by atomic mass is 10.2. The predicted molar refractivity (Wildman–Crippen MR) is 103 cm³/mol. The third-order valence-electron chi connectivity index (χ3n) is 3.84. The zero-order valence-corrected chi connectivity index (χ0v) is 14.6. The van der Waals surface area contributed by atoms with Crippen molar-refractivity contribution in [2.75, 3.05) is 5.32 Å². The first-order valence-corrected chi connectivity index (χ1v) is 8.43. The molecule has 0 aliphatic rings. The van der Waals surface area contributed by atoms with Gasteiger partial charge in [-0.25, -0.2) is 0 Å². The second-order valence-corrected chi connectivity index (χ2v) is 6.12. The molecule has 3 aromatic carbocycles. The summed E-state index contributed by atoms with van der Waals surface area (Å²) in [7, 11) is 0. The molecule has 0 saturated carbocycles. The molecular formula is C20H17ClN2O3. The molecule has 1 N–H and O–H groups in total. The molecule has 3 rings (SSSR count). The lowest BCUT2D eigenvalue weighted by Gasteiger charge is -2.13. The van der Waals surface area contributed by atoms with Crippen molar-refractivity contribution >= 4 is 23.0 Å². The van der Waals surface area contributed by atoms with Crippen molar-refractivity contribution in [2.24, 2.45) is 0 Å². The second-order valence-electron chi connectivity index (χ2n) is 5.68. The Morgan fingerprint density at radius 3 is 2.35 bits per heavy atom. The number of halogens is 1. The van der Waals surface area contributed by atoms with Gasteiger partial charge in [-0.2, -0.15) is 0 Å². The van der Waals surface area contributed by atoms with E-state index in [4.69, 9.17) is 16.3 Å². The molecule has 0 saturated heterocycles. The molecule has 0 radical (unpaired) electrons. The summed E-state index contributed by atoms with van der Waals surface area (Å²) >= 11 is 5.90. The Bertz CT molecular complexity index is 880. The van der Waals surface area contributed by atoms with Crippen molar-refractivity contribution in [1.29, 1.82) is 0 Å². The normalized spacial score (nSPS) is 10.3. The summed E-state index contributed by atoms with van der Waals surface area (Å²) < 4.78 is 5.90. The Kier molecular flexibility index (Phi) is 5.71. The minimum absolute atomic E-state index is 0.0707. The smallest absolute Gasteiger partial charge is 0.269 e. The zero-order chi connectivity index (χ0) is 18.4. The van der Waals surface area contributed by atoms with Gasteiger partial charge in [0, 0.05) is 35.0 Å². The van der Waals surface area contributed by atoms with E-state index < -0.39 is 4.92 Å². The maximum absolute atomic E-state index is 10.7. The van der Waals surface area contributed by atoms with E-state index in [0.29, 0.717) is 18.2 Å². The molecule has 0 fully saturated rings. The van der Waals surface area contributed by atoms with Gasteiger partial charge >= 0.3 is 0 Å². The quantitative estimate of drug-likeness (QED) is 0.445. The van der Waals surface area contributed by atoms with Crippen molar-refractivity contribution in [3.05, 3.63) is 99.1 Å². The van der Waals surface area contributed by atoms with Crippen LogP contribution in [0.3, 0.4) is 0 Å². The summed E-state index contributed by atoms with van der Waals surface area (Å²) in [6.07, 6.45) is 0. The van der Waals surface area contributed by atoms with Gasteiger partial charge in [0.2, 0.25) is 0 Å². The average molecular weight is 369 g/mol. The molecule has 0 unspecified atom stereocenters. The Labute approximate surface area is 156 Å². The number of nitro benzene ring substituents is 1. The Morgan fingerprint density at radius 1 is 0.962 bits per heavy atom. The third kappa shape index (κ3) is 4.74. The average Bonchev–Trinajstić information content (AvgIpc) is 2.67. The fourth-order valence-corrected chi connectivity index (χ4v) is 2.56. The van der Waals surface area contributed by atoms with Crippen LogP contribution in [0.5, 0.6) is 5.75 Å². The molecule has 0 amide bonds. The highest BCUT2D eigenvalue weighted by atomic mass is 35.5. The summed E-state index contributed by atoms with van der Waals surface area (Å²) in [5.74, 6) is 0.771. The Balaban J connectivity index is 1.63. The summed E-state index contributed by atoms with van der Waals surface area (Å²) in [5, 5.41) is 14.7. The van der Waals surface area contributed by atoms with Crippen molar-refractivity contribution in [3.63, 3.8) is 0 Å². The van der Waals surface area contributed by atoms with E-state index in [9.17, 15) is 10.1 Å². The van der Waals surface area contributed by atoms with Gasteiger partial charge in [-0.3, -0.25) is 10.1 Å². The second kappa shape index (κ2) is 8.36. The van der Waals surface area contributed by atoms with E-state index in [1.807, 2.05) is 48.5 Å². The van der Waals surface area contributed by atoms with E-state index >= 15 is 0 Å². The molecule has 0 atom stereocenters. The fraction of sp³-hybridized carbons (Fsp3) is 0.100. The Hall–Kier alpha value is -3.05. The first-order valence-electron chi connectivity index (χ1n) is 8.05. The summed E-state index contributed by atoms with van der Waals surface area (Å²) in [6, 6.07) is 21.6. The van der Waals surface area contributed by atoms with Gasteiger partial charge in [-0.05, 0) is 48.0 Å². The highest BCUT2D eigenvalue weighted by Gasteiger charge is 2.06. The van der Waals surface area contributed by atoms with Gasteiger partial charge in [0.1, 0.15) is 12.4 Å². The number of para-hydroxylation sites is 1. The van der Waals surface area contributed by atoms with Gasteiger partial charge in [0.05, 0.1) is 4.92 Å². The van der Waals surface area contributed by atoms with Gasteiger partial charge in [-0.1, -0.05) is 29.8 Å². The van der Waals surface area contributed by atoms with Crippen LogP contribution in [-0.4, -0.2) is 4.92 Å². The standard InChI is InChI=1S/C20H17ClN2O3/c21-17-7-9-18(10-8-17)22-13-16-3-1-2-4-20(16)26-14-15-5-11-19(12-6-15)23(24)25/h1-12,22H,13-14H2. The van der Waals surface area contributed by atoms with Crippen LogP contribution >= 0.6 is 11.6 Å². The van der Waals surface area contributed by atoms with Crippen LogP contribution < -0.4 is 10.1 Å². The topological polar surface area (TPSA) is 64.4 Å². The lowest BCUT2D eigenvalue weighted by molar-refractivity contribution is -0.384. The molecular weight excluding hydrogens is 352 g/mol. The highest BCUT2D eigenvalue weighted by Crippen LogP contribution is 2.22. The van der Waals surface area contributed by atoms with Gasteiger partial charge < -0.3 is 10.1 Å². The van der Waals surface area contributed by atoms with E-state index in [2.05, 4.69) is 5.32 Å². The molecule has 0 bridgehead atoms. The van der Waals surface area contributed by atoms with E-state index in [1.165, 1.54) is 12.1 Å². The number of rotatable bonds is 7. The maximum atomic E-state index is 10.7. The van der Waals surface area contributed by atoms with Crippen LogP contribution in [0.25, 0.3) is 0 Å². The van der Waals surface area contributed by atoms with E-state index in [0.717, 1.165) is 22.6 Å². The minimum Gasteiger partial charge on any atom is -0.489 e. The number of benzene rings is 3. The number of hydrogen-bond acceptors (Lipinski definition) is 4. The monoisotopic (exact) mass is 368 g/mol. The first-order chi connectivity index (χ1) is 12.6. The number of nitro groups is 1. The van der Waals surface area contributed by atoms with Crippen molar-refractivity contribution < 1.29 is 9.66 Å². The molecule has 132 valence electrons. The lowest BCUT2D eigenvalue weighted by Crippen LogP contribution is -2.03. The predicted octanol–water partition coefficient (Wildman–Crippen LogP) is 5.44. The molecule has 0 spiro atoms. The maximum Gasteiger partial charge on any atom is 0.269 e. The van der Waals surface area contributed by atoms with Crippen LogP contribution in [-0.2, 0) is 13.2 Å². The third-order valence-corrected chi connectivity index (χ3v) is 4.09. The largest absolute Gasteiger partial charge is 0.489 e. The Morgan fingerprint density at radius 2 is 1.65 bits per heavy atom. The van der Waals surface area contributed by atoms with Crippen molar-refractivity contribution in [3.8, 4) is 5.75 Å². The summed E-state index contributed by atoms with van der Waals surface area (Å²) in [6.45, 7) is 0.952. The van der Waals surface area contributed by atoms with E-state index in [1.54, 1.807) is 12.1 Å². The number of hydrogen-bond donors (Lipinski definition) is 1. The van der Waals surface area contributed by atoms with Crippen LogP contribution in [0.1, 0.15) is 11.1 Å². The summed E-state index contributed by atoms with van der Waals surface area (Å²) in [4.78, 5) is 10.3. The van der Waals surface area contributed by atoms with Gasteiger partial charge in [0.15, 0.2) is 0 Å². The number of ether oxygens (including phenoxy) is 1. The molecule has 0 heterocycles. The zero-order valence-electron chi connectivity index (χ0n) is 13.9. The molecule has 0 aliphatic carbocycles. The minimum atomic E-state index is -0.414.